The molecule has 3 heterocycles. The lowest BCUT2D eigenvalue weighted by Crippen LogP contribution is -2.31. The number of carbonyl (C=O) groups excluding carboxylic acids is 1. The lowest BCUT2D eigenvalue weighted by molar-refractivity contribution is -0.137. The van der Waals surface area contributed by atoms with Gasteiger partial charge in [-0.25, -0.2) is 0 Å². The van der Waals surface area contributed by atoms with Crippen LogP contribution in [-0.4, -0.2) is 52.5 Å². The maximum Gasteiger partial charge on any atom is 0.418 e. The molecule has 194 valence electrons. The number of halogens is 5. The lowest BCUT2D eigenvalue weighted by atomic mass is 10.1. The van der Waals surface area contributed by atoms with Crippen LogP contribution in [0.4, 0.5) is 13.2 Å². The summed E-state index contributed by atoms with van der Waals surface area (Å²) in [6, 6.07) is 14.4. The van der Waals surface area contributed by atoms with Gasteiger partial charge in [-0.15, -0.1) is 12.4 Å². The molecule has 6 nitrogen and oxygen atoms in total. The first-order valence-corrected chi connectivity index (χ1v) is 11.4. The van der Waals surface area contributed by atoms with Gasteiger partial charge in [0.15, 0.2) is 0 Å². The minimum atomic E-state index is -4.60. The third kappa shape index (κ3) is 6.49. The molecule has 0 unspecified atom stereocenters. The van der Waals surface area contributed by atoms with Gasteiger partial charge in [-0.3, -0.25) is 14.8 Å². The minimum absolute atomic E-state index is 0. The Balaban J connectivity index is 0.00000380. The summed E-state index contributed by atoms with van der Waals surface area (Å²) in [5.74, 6) is -0.278. The number of benzene rings is 1. The molecule has 0 saturated heterocycles. The van der Waals surface area contributed by atoms with Gasteiger partial charge in [-0.2, -0.15) is 13.2 Å². The lowest BCUT2D eigenvalue weighted by Gasteiger charge is -2.18. The maximum absolute atomic E-state index is 13.9. The molecule has 37 heavy (non-hydrogen) atoms. The molecule has 0 aliphatic carbocycles. The highest BCUT2D eigenvalue weighted by Gasteiger charge is 2.35. The Hall–Kier alpha value is -3.40. The number of hydrogen-bond acceptors (Lipinski definition) is 4. The molecule has 1 N–H and O–H groups in total. The second-order valence-electron chi connectivity index (χ2n) is 8.33. The van der Waals surface area contributed by atoms with Crippen LogP contribution in [0.5, 0.6) is 0 Å². The fourth-order valence-electron chi connectivity index (χ4n) is 3.72. The number of nitrogens with one attached hydrogen (secondary N) is 1. The Morgan fingerprint density at radius 1 is 1.00 bits per heavy atom. The van der Waals surface area contributed by atoms with Crippen molar-refractivity contribution in [1.29, 1.82) is 0 Å². The fraction of sp³-hybridized carbons (Fsp3) is 0.192. The molecule has 0 bridgehead atoms. The number of likely N-dealkylation sites (N-methyl/N-ethyl adjacent to an activating group) is 1. The van der Waals surface area contributed by atoms with Crippen molar-refractivity contribution in [3.05, 3.63) is 89.3 Å². The van der Waals surface area contributed by atoms with E-state index in [-0.39, 0.29) is 24.0 Å². The van der Waals surface area contributed by atoms with Gasteiger partial charge >= 0.3 is 6.18 Å². The Morgan fingerprint density at radius 3 is 2.32 bits per heavy atom. The fourth-order valence-corrected chi connectivity index (χ4v) is 3.85. The highest BCUT2D eigenvalue weighted by molar-refractivity contribution is 6.30. The van der Waals surface area contributed by atoms with Crippen LogP contribution in [0.25, 0.3) is 28.3 Å². The van der Waals surface area contributed by atoms with Crippen LogP contribution >= 0.6 is 24.0 Å². The average Bonchev–Trinajstić information content (AvgIpc) is 3.29. The van der Waals surface area contributed by atoms with E-state index in [4.69, 9.17) is 11.6 Å². The average molecular weight is 550 g/mol. The molecule has 3 aromatic heterocycles. The molecule has 0 aliphatic rings. The van der Waals surface area contributed by atoms with E-state index in [1.54, 1.807) is 48.5 Å². The summed E-state index contributed by atoms with van der Waals surface area (Å²) >= 11 is 6.02. The number of pyridine rings is 2. The van der Waals surface area contributed by atoms with Crippen molar-refractivity contribution in [2.45, 2.75) is 6.18 Å². The molecule has 0 fully saturated rings. The number of amides is 1. The number of alkyl halides is 3. The Morgan fingerprint density at radius 2 is 1.70 bits per heavy atom. The van der Waals surface area contributed by atoms with Crippen molar-refractivity contribution in [3.8, 4) is 28.3 Å². The van der Waals surface area contributed by atoms with E-state index in [1.807, 2.05) is 19.0 Å². The van der Waals surface area contributed by atoms with Crippen molar-refractivity contribution < 1.29 is 18.0 Å². The number of rotatable bonds is 7. The van der Waals surface area contributed by atoms with E-state index < -0.39 is 11.7 Å². The van der Waals surface area contributed by atoms with Gasteiger partial charge in [0, 0.05) is 30.5 Å². The smallest absolute Gasteiger partial charge is 0.351 e. The van der Waals surface area contributed by atoms with Crippen molar-refractivity contribution in [2.24, 2.45) is 0 Å². The summed E-state index contributed by atoms with van der Waals surface area (Å²) in [4.78, 5) is 22.7. The summed E-state index contributed by atoms with van der Waals surface area (Å²) in [6.07, 6.45) is -0.899. The van der Waals surface area contributed by atoms with Crippen LogP contribution in [-0.2, 0) is 6.18 Å². The second-order valence-corrected chi connectivity index (χ2v) is 8.76. The summed E-state index contributed by atoms with van der Waals surface area (Å²) in [5.41, 5.74) is 1.37. The molecule has 0 atom stereocenters. The first kappa shape index (κ1) is 28.2. The second kappa shape index (κ2) is 11.8. The molecule has 0 saturated carbocycles. The Labute approximate surface area is 223 Å². The van der Waals surface area contributed by atoms with Crippen LogP contribution in [0.3, 0.4) is 0 Å². The monoisotopic (exact) mass is 549 g/mol. The third-order valence-corrected chi connectivity index (χ3v) is 5.75. The van der Waals surface area contributed by atoms with Crippen molar-refractivity contribution >= 4 is 29.9 Å². The van der Waals surface area contributed by atoms with E-state index in [0.29, 0.717) is 46.3 Å². The molecule has 1 amide bonds. The van der Waals surface area contributed by atoms with Gasteiger partial charge < -0.3 is 14.8 Å². The standard InChI is InChI=1S/C26H23ClF3N5O.ClH/c1-34(2)14-13-32-25(36)18-5-8-21(33-15-18)23-10-9-22(17-3-6-19(27)7-4-17)35(23)24-16-31-12-11-20(24)26(28,29)30;/h3-12,15-16H,13-14H2,1-2H3,(H,32,36);1H. The predicted molar refractivity (Wildman–Crippen MR) is 140 cm³/mol. The summed E-state index contributed by atoms with van der Waals surface area (Å²) < 4.78 is 43.3. The Bertz CT molecular complexity index is 1350. The predicted octanol–water partition coefficient (Wildman–Crippen LogP) is 5.99. The highest BCUT2D eigenvalue weighted by Crippen LogP contribution is 2.38. The van der Waals surface area contributed by atoms with E-state index in [1.165, 1.54) is 17.0 Å². The van der Waals surface area contributed by atoms with Crippen LogP contribution in [0, 0.1) is 0 Å². The normalized spacial score (nSPS) is 11.3. The number of aromatic nitrogens is 3. The van der Waals surface area contributed by atoms with Crippen molar-refractivity contribution in [1.82, 2.24) is 24.8 Å². The molecule has 0 spiro atoms. The molecule has 4 aromatic rings. The largest absolute Gasteiger partial charge is 0.418 e. The first-order valence-electron chi connectivity index (χ1n) is 11.0. The molecular formula is C26H24Cl2F3N5O. The maximum atomic E-state index is 13.9. The van der Waals surface area contributed by atoms with E-state index in [9.17, 15) is 18.0 Å². The number of nitrogens with zero attached hydrogens (tertiary/aromatic N) is 4. The zero-order chi connectivity index (χ0) is 25.9. The van der Waals surface area contributed by atoms with Gasteiger partial charge in [-0.1, -0.05) is 23.7 Å². The molecule has 4 rings (SSSR count). The topological polar surface area (TPSA) is 63.1 Å². The number of hydrogen-bond donors (Lipinski definition) is 1. The van der Waals surface area contributed by atoms with E-state index in [0.717, 1.165) is 12.3 Å². The van der Waals surface area contributed by atoms with Crippen LogP contribution in [0.2, 0.25) is 5.02 Å². The van der Waals surface area contributed by atoms with Crippen LogP contribution < -0.4 is 5.32 Å². The van der Waals surface area contributed by atoms with Gasteiger partial charge in [-0.05, 0) is 62.1 Å². The van der Waals surface area contributed by atoms with E-state index >= 15 is 0 Å². The molecular weight excluding hydrogens is 526 g/mol. The molecule has 0 radical (unpaired) electrons. The van der Waals surface area contributed by atoms with Gasteiger partial charge in [0.25, 0.3) is 5.91 Å². The summed E-state index contributed by atoms with van der Waals surface area (Å²) in [6.45, 7) is 1.16. The van der Waals surface area contributed by atoms with Crippen LogP contribution in [0.15, 0.2) is 73.2 Å². The molecule has 0 aliphatic heterocycles. The molecule has 1 aromatic carbocycles. The van der Waals surface area contributed by atoms with Crippen LogP contribution in [0.1, 0.15) is 15.9 Å². The summed E-state index contributed by atoms with van der Waals surface area (Å²) in [7, 11) is 3.81. The van der Waals surface area contributed by atoms with Gasteiger partial charge in [0.2, 0.25) is 0 Å². The Kier molecular flexibility index (Phi) is 8.96. The van der Waals surface area contributed by atoms with Gasteiger partial charge in [0.05, 0.1) is 40.1 Å². The SMILES string of the molecule is CN(C)CCNC(=O)c1ccc(-c2ccc(-c3ccc(Cl)cc3)n2-c2cnccc2C(F)(F)F)nc1.Cl. The first-order chi connectivity index (χ1) is 17.1. The zero-order valence-corrected chi connectivity index (χ0v) is 21.5. The minimum Gasteiger partial charge on any atom is -0.351 e. The zero-order valence-electron chi connectivity index (χ0n) is 20.0. The number of carbonyl (C=O) groups is 1. The third-order valence-electron chi connectivity index (χ3n) is 5.50. The van der Waals surface area contributed by atoms with E-state index in [2.05, 4.69) is 15.3 Å². The van der Waals surface area contributed by atoms with Gasteiger partial charge in [0.1, 0.15) is 0 Å². The van der Waals surface area contributed by atoms with Crippen molar-refractivity contribution in [2.75, 3.05) is 27.2 Å². The van der Waals surface area contributed by atoms with Crippen molar-refractivity contribution in [3.63, 3.8) is 0 Å². The quantitative estimate of drug-likeness (QED) is 0.307. The summed E-state index contributed by atoms with van der Waals surface area (Å²) in [5, 5.41) is 3.32. The molecule has 11 heteroatoms. The highest BCUT2D eigenvalue weighted by atomic mass is 35.5.